The van der Waals surface area contributed by atoms with Gasteiger partial charge in [-0.15, -0.1) is 0 Å². The average Bonchev–Trinajstić information content (AvgIpc) is 2.51. The van der Waals surface area contributed by atoms with Crippen molar-refractivity contribution in [1.82, 2.24) is 0 Å². The number of hydrogen-bond donors (Lipinski definition) is 2. The lowest BCUT2D eigenvalue weighted by Gasteiger charge is -2.17. The van der Waals surface area contributed by atoms with Gasteiger partial charge in [0.15, 0.2) is 0 Å². The molecule has 5 heteroatoms. The van der Waals surface area contributed by atoms with Crippen LogP contribution in [-0.4, -0.2) is 18.6 Å². The fourth-order valence-corrected chi connectivity index (χ4v) is 2.31. The molecule has 0 heterocycles. The molecule has 2 aromatic carbocycles. The standard InChI is InChI=1S/C17H19IN2O2/c1-3-22-16-7-5-4-6-15(16)20-17(21)12(2)19-14-10-8-13(18)9-11-14/h4-12,19H,3H2,1-2H3,(H,20,21)/t12-/m1/s1. The largest absolute Gasteiger partial charge is 0.492 e. The molecule has 116 valence electrons. The normalized spacial score (nSPS) is 11.6. The number of benzene rings is 2. The van der Waals surface area contributed by atoms with Gasteiger partial charge < -0.3 is 15.4 Å². The van der Waals surface area contributed by atoms with E-state index in [-0.39, 0.29) is 11.9 Å². The first-order valence-corrected chi connectivity index (χ1v) is 8.23. The summed E-state index contributed by atoms with van der Waals surface area (Å²) in [6, 6.07) is 15.0. The summed E-state index contributed by atoms with van der Waals surface area (Å²) in [5.41, 5.74) is 1.60. The first kappa shape index (κ1) is 16.6. The molecule has 0 spiro atoms. The molecule has 22 heavy (non-hydrogen) atoms. The lowest BCUT2D eigenvalue weighted by molar-refractivity contribution is -0.116. The molecule has 0 saturated carbocycles. The van der Waals surface area contributed by atoms with E-state index < -0.39 is 0 Å². The summed E-state index contributed by atoms with van der Waals surface area (Å²) < 4.78 is 6.67. The number of halogens is 1. The Morgan fingerprint density at radius 2 is 1.86 bits per heavy atom. The van der Waals surface area contributed by atoms with E-state index in [4.69, 9.17) is 4.74 Å². The van der Waals surface area contributed by atoms with Crippen molar-refractivity contribution >= 4 is 39.9 Å². The summed E-state index contributed by atoms with van der Waals surface area (Å²) in [6.07, 6.45) is 0. The van der Waals surface area contributed by atoms with E-state index in [0.717, 1.165) is 9.26 Å². The highest BCUT2D eigenvalue weighted by atomic mass is 127. The maximum Gasteiger partial charge on any atom is 0.246 e. The summed E-state index contributed by atoms with van der Waals surface area (Å²) in [7, 11) is 0. The van der Waals surface area contributed by atoms with Gasteiger partial charge in [-0.3, -0.25) is 4.79 Å². The minimum Gasteiger partial charge on any atom is -0.492 e. The molecular formula is C17H19IN2O2. The first-order chi connectivity index (χ1) is 10.6. The molecule has 4 nitrogen and oxygen atoms in total. The number of para-hydroxylation sites is 2. The number of rotatable bonds is 6. The van der Waals surface area contributed by atoms with Gasteiger partial charge in [-0.25, -0.2) is 0 Å². The Balaban J connectivity index is 2.01. The van der Waals surface area contributed by atoms with Crippen LogP contribution in [0, 0.1) is 3.57 Å². The summed E-state index contributed by atoms with van der Waals surface area (Å²) in [5.74, 6) is 0.575. The van der Waals surface area contributed by atoms with E-state index in [1.54, 1.807) is 0 Å². The Labute approximate surface area is 144 Å². The van der Waals surface area contributed by atoms with E-state index in [0.29, 0.717) is 18.0 Å². The third-order valence-corrected chi connectivity index (χ3v) is 3.78. The number of carbonyl (C=O) groups is 1. The minimum atomic E-state index is -0.352. The van der Waals surface area contributed by atoms with Crippen molar-refractivity contribution in [3.05, 3.63) is 52.1 Å². The van der Waals surface area contributed by atoms with Crippen LogP contribution in [0.4, 0.5) is 11.4 Å². The monoisotopic (exact) mass is 410 g/mol. The molecule has 0 unspecified atom stereocenters. The molecule has 0 saturated heterocycles. The van der Waals surface area contributed by atoms with Gasteiger partial charge in [-0.05, 0) is 72.8 Å². The minimum absolute atomic E-state index is 0.106. The lowest BCUT2D eigenvalue weighted by atomic mass is 10.2. The third kappa shape index (κ3) is 4.62. The predicted molar refractivity (Wildman–Crippen MR) is 98.5 cm³/mol. The van der Waals surface area contributed by atoms with Gasteiger partial charge >= 0.3 is 0 Å². The van der Waals surface area contributed by atoms with Crippen LogP contribution in [0.3, 0.4) is 0 Å². The quantitative estimate of drug-likeness (QED) is 0.705. The van der Waals surface area contributed by atoms with Crippen molar-refractivity contribution in [3.8, 4) is 5.75 Å². The van der Waals surface area contributed by atoms with Crippen molar-refractivity contribution in [2.24, 2.45) is 0 Å². The average molecular weight is 410 g/mol. The number of anilines is 2. The fraction of sp³-hybridized carbons (Fsp3) is 0.235. The fourth-order valence-electron chi connectivity index (χ4n) is 1.95. The van der Waals surface area contributed by atoms with E-state index in [2.05, 4.69) is 33.2 Å². The number of hydrogen-bond acceptors (Lipinski definition) is 3. The molecule has 0 radical (unpaired) electrons. The van der Waals surface area contributed by atoms with Gasteiger partial charge in [-0.2, -0.15) is 0 Å². The van der Waals surface area contributed by atoms with Crippen LogP contribution < -0.4 is 15.4 Å². The highest BCUT2D eigenvalue weighted by Crippen LogP contribution is 2.24. The lowest BCUT2D eigenvalue weighted by Crippen LogP contribution is -2.32. The molecule has 0 aliphatic carbocycles. The Morgan fingerprint density at radius 1 is 1.18 bits per heavy atom. The van der Waals surface area contributed by atoms with Crippen molar-refractivity contribution in [2.75, 3.05) is 17.2 Å². The number of nitrogens with one attached hydrogen (secondary N) is 2. The zero-order valence-electron chi connectivity index (χ0n) is 12.6. The van der Waals surface area contributed by atoms with Crippen LogP contribution in [0.5, 0.6) is 5.75 Å². The van der Waals surface area contributed by atoms with Gasteiger partial charge in [-0.1, -0.05) is 12.1 Å². The topological polar surface area (TPSA) is 50.4 Å². The van der Waals surface area contributed by atoms with Crippen molar-refractivity contribution in [1.29, 1.82) is 0 Å². The van der Waals surface area contributed by atoms with E-state index in [9.17, 15) is 4.79 Å². The molecule has 1 atom stereocenters. The maximum atomic E-state index is 12.3. The molecule has 2 aromatic rings. The predicted octanol–water partition coefficient (Wildman–Crippen LogP) is 4.13. The van der Waals surface area contributed by atoms with Crippen LogP contribution >= 0.6 is 22.6 Å². The summed E-state index contributed by atoms with van der Waals surface area (Å²) in [4.78, 5) is 12.3. The van der Waals surface area contributed by atoms with Gasteiger partial charge in [0.2, 0.25) is 5.91 Å². The summed E-state index contributed by atoms with van der Waals surface area (Å²) >= 11 is 2.25. The van der Waals surface area contributed by atoms with E-state index in [1.165, 1.54) is 0 Å². The highest BCUT2D eigenvalue weighted by Gasteiger charge is 2.14. The van der Waals surface area contributed by atoms with Gasteiger partial charge in [0, 0.05) is 9.26 Å². The Morgan fingerprint density at radius 3 is 2.55 bits per heavy atom. The molecule has 0 aliphatic heterocycles. The van der Waals surface area contributed by atoms with Crippen molar-refractivity contribution in [3.63, 3.8) is 0 Å². The second kappa shape index (κ2) is 8.03. The van der Waals surface area contributed by atoms with Crippen molar-refractivity contribution < 1.29 is 9.53 Å². The molecule has 0 bridgehead atoms. The molecule has 0 aliphatic rings. The Hall–Kier alpha value is -1.76. The first-order valence-electron chi connectivity index (χ1n) is 7.15. The number of ether oxygens (including phenoxy) is 1. The van der Waals surface area contributed by atoms with E-state index in [1.807, 2.05) is 62.4 Å². The number of amides is 1. The SMILES string of the molecule is CCOc1ccccc1NC(=O)[C@@H](C)Nc1ccc(I)cc1. The Bertz CT molecular complexity index is 629. The maximum absolute atomic E-state index is 12.3. The second-order valence-corrected chi connectivity index (χ2v) is 6.04. The molecule has 1 amide bonds. The highest BCUT2D eigenvalue weighted by molar-refractivity contribution is 14.1. The molecule has 2 N–H and O–H groups in total. The van der Waals surface area contributed by atoms with Gasteiger partial charge in [0.05, 0.1) is 12.3 Å². The molecular weight excluding hydrogens is 391 g/mol. The van der Waals surface area contributed by atoms with Crippen molar-refractivity contribution in [2.45, 2.75) is 19.9 Å². The second-order valence-electron chi connectivity index (χ2n) is 4.79. The van der Waals surface area contributed by atoms with E-state index >= 15 is 0 Å². The van der Waals surface area contributed by atoms with Gasteiger partial charge in [0.25, 0.3) is 0 Å². The zero-order chi connectivity index (χ0) is 15.9. The summed E-state index contributed by atoms with van der Waals surface area (Å²) in [6.45, 7) is 4.31. The van der Waals surface area contributed by atoms with Crippen LogP contribution in [0.15, 0.2) is 48.5 Å². The van der Waals surface area contributed by atoms with Crippen LogP contribution in [0.2, 0.25) is 0 Å². The Kier molecular flexibility index (Phi) is 6.06. The van der Waals surface area contributed by atoms with Gasteiger partial charge in [0.1, 0.15) is 11.8 Å². The zero-order valence-corrected chi connectivity index (χ0v) is 14.8. The number of carbonyl (C=O) groups excluding carboxylic acids is 1. The molecule has 2 rings (SSSR count). The third-order valence-electron chi connectivity index (χ3n) is 3.07. The summed E-state index contributed by atoms with van der Waals surface area (Å²) in [5, 5.41) is 6.08. The molecule has 0 fully saturated rings. The molecule has 0 aromatic heterocycles. The van der Waals surface area contributed by atoms with Crippen LogP contribution in [0.1, 0.15) is 13.8 Å². The van der Waals surface area contributed by atoms with Crippen LogP contribution in [0.25, 0.3) is 0 Å². The van der Waals surface area contributed by atoms with Crippen LogP contribution in [-0.2, 0) is 4.79 Å². The smallest absolute Gasteiger partial charge is 0.246 e.